The summed E-state index contributed by atoms with van der Waals surface area (Å²) in [6.45, 7) is 2.43. The van der Waals surface area contributed by atoms with Gasteiger partial charge in [-0.05, 0) is 62.0 Å². The molecule has 0 unspecified atom stereocenters. The van der Waals surface area contributed by atoms with Gasteiger partial charge in [0.15, 0.2) is 0 Å². The molecule has 1 aromatic rings. The van der Waals surface area contributed by atoms with Gasteiger partial charge in [-0.15, -0.1) is 6.42 Å². The average Bonchev–Trinajstić information content (AvgIpc) is 2.90. The van der Waals surface area contributed by atoms with Gasteiger partial charge in [-0.1, -0.05) is 12.0 Å². The Hall–Kier alpha value is -1.86. The maximum Gasteiger partial charge on any atom is 0.223 e. The number of nitrogens with zero attached hydrogens (tertiary/aromatic N) is 1. The number of rotatable bonds is 3. The van der Waals surface area contributed by atoms with E-state index < -0.39 is 0 Å². The van der Waals surface area contributed by atoms with E-state index in [-0.39, 0.29) is 23.7 Å². The molecule has 4 heteroatoms. The van der Waals surface area contributed by atoms with Crippen LogP contribution in [0, 0.1) is 24.1 Å². The lowest BCUT2D eigenvalue weighted by atomic mass is 9.95. The summed E-state index contributed by atoms with van der Waals surface area (Å²) in [5.41, 5.74) is 2.09. The Labute approximate surface area is 130 Å². The Morgan fingerprint density at radius 2 is 2.14 bits per heavy atom. The van der Waals surface area contributed by atoms with Crippen molar-refractivity contribution in [2.45, 2.75) is 31.7 Å². The van der Waals surface area contributed by atoms with E-state index in [4.69, 9.17) is 6.42 Å². The van der Waals surface area contributed by atoms with Gasteiger partial charge < -0.3 is 5.32 Å². The molecule has 0 saturated carbocycles. The summed E-state index contributed by atoms with van der Waals surface area (Å²) in [7, 11) is 0. The fourth-order valence-corrected chi connectivity index (χ4v) is 3.51. The van der Waals surface area contributed by atoms with Crippen LogP contribution in [0.15, 0.2) is 18.2 Å². The Balaban J connectivity index is 1.57. The van der Waals surface area contributed by atoms with Crippen molar-refractivity contribution in [1.82, 2.24) is 10.2 Å². The van der Waals surface area contributed by atoms with E-state index in [0.717, 1.165) is 49.9 Å². The summed E-state index contributed by atoms with van der Waals surface area (Å²) in [6, 6.07) is 4.89. The van der Waals surface area contributed by atoms with Gasteiger partial charge in [-0.2, -0.15) is 0 Å². The monoisotopic (exact) mass is 300 g/mol. The van der Waals surface area contributed by atoms with Crippen molar-refractivity contribution in [3.05, 3.63) is 35.1 Å². The minimum absolute atomic E-state index is 0.0341. The van der Waals surface area contributed by atoms with E-state index >= 15 is 0 Å². The molecule has 1 N–H and O–H groups in total. The number of amides is 1. The lowest BCUT2D eigenvalue weighted by Gasteiger charge is -2.30. The molecular weight excluding hydrogens is 279 g/mol. The highest BCUT2D eigenvalue weighted by molar-refractivity contribution is 5.79. The zero-order chi connectivity index (χ0) is 15.5. The smallest absolute Gasteiger partial charge is 0.223 e. The van der Waals surface area contributed by atoms with Crippen LogP contribution in [0.3, 0.4) is 0 Å². The van der Waals surface area contributed by atoms with Crippen LogP contribution in [0.4, 0.5) is 4.39 Å². The third kappa shape index (κ3) is 3.15. The number of hydrogen-bond donors (Lipinski definition) is 1. The summed E-state index contributed by atoms with van der Waals surface area (Å²) < 4.78 is 13.2. The molecular formula is C18H21FN2O. The van der Waals surface area contributed by atoms with Crippen molar-refractivity contribution in [1.29, 1.82) is 0 Å². The SMILES string of the molecule is C#CCN1CCC(C(=O)N[C@@H]2CCc3cc(F)ccc32)CC1. The Morgan fingerprint density at radius 1 is 1.36 bits per heavy atom. The predicted octanol–water partition coefficient (Wildman–Crippen LogP) is 2.27. The van der Waals surface area contributed by atoms with Crippen molar-refractivity contribution in [3.63, 3.8) is 0 Å². The standard InChI is InChI=1S/C18H21FN2O/c1-2-9-21-10-7-13(8-11-21)18(22)20-17-6-3-14-12-15(19)4-5-16(14)17/h1,4-5,12-13,17H,3,6-11H2,(H,20,22)/t17-/m1/s1. The van der Waals surface area contributed by atoms with Crippen LogP contribution in [-0.4, -0.2) is 30.4 Å². The van der Waals surface area contributed by atoms with Crippen molar-refractivity contribution < 1.29 is 9.18 Å². The number of hydrogen-bond acceptors (Lipinski definition) is 2. The number of fused-ring (bicyclic) bond motifs is 1. The molecule has 0 spiro atoms. The third-order valence-corrected chi connectivity index (χ3v) is 4.77. The molecule has 3 nitrogen and oxygen atoms in total. The Bertz CT molecular complexity index is 600. The quantitative estimate of drug-likeness (QED) is 0.869. The molecule has 1 atom stereocenters. The molecule has 1 fully saturated rings. The summed E-state index contributed by atoms with van der Waals surface area (Å²) in [5, 5.41) is 3.15. The van der Waals surface area contributed by atoms with Crippen LogP contribution in [0.1, 0.15) is 36.4 Å². The van der Waals surface area contributed by atoms with Crippen LogP contribution < -0.4 is 5.32 Å². The molecule has 0 bridgehead atoms. The van der Waals surface area contributed by atoms with Gasteiger partial charge in [-0.25, -0.2) is 4.39 Å². The van der Waals surface area contributed by atoms with Gasteiger partial charge in [-0.3, -0.25) is 9.69 Å². The third-order valence-electron chi connectivity index (χ3n) is 4.77. The van der Waals surface area contributed by atoms with Crippen LogP contribution in [-0.2, 0) is 11.2 Å². The van der Waals surface area contributed by atoms with E-state index in [0.29, 0.717) is 6.54 Å². The first kappa shape index (κ1) is 15.1. The number of benzene rings is 1. The first-order valence-electron chi connectivity index (χ1n) is 7.92. The van der Waals surface area contributed by atoms with Crippen LogP contribution >= 0.6 is 0 Å². The molecule has 1 heterocycles. The van der Waals surface area contributed by atoms with Gasteiger partial charge in [0.2, 0.25) is 5.91 Å². The van der Waals surface area contributed by atoms with Crippen molar-refractivity contribution >= 4 is 5.91 Å². The molecule has 3 rings (SSSR count). The largest absolute Gasteiger partial charge is 0.349 e. The van der Waals surface area contributed by atoms with Crippen LogP contribution in [0.2, 0.25) is 0 Å². The molecule has 1 saturated heterocycles. The maximum absolute atomic E-state index is 13.2. The maximum atomic E-state index is 13.2. The van der Waals surface area contributed by atoms with Gasteiger partial charge >= 0.3 is 0 Å². The zero-order valence-corrected chi connectivity index (χ0v) is 12.6. The number of nitrogens with one attached hydrogen (secondary N) is 1. The van der Waals surface area contributed by atoms with Crippen LogP contribution in [0.5, 0.6) is 0 Å². The molecule has 22 heavy (non-hydrogen) atoms. The highest BCUT2D eigenvalue weighted by Gasteiger charge is 2.29. The normalized spacial score (nSPS) is 22.1. The second-order valence-corrected chi connectivity index (χ2v) is 6.20. The molecule has 2 aliphatic rings. The topological polar surface area (TPSA) is 32.3 Å². The molecule has 116 valence electrons. The summed E-state index contributed by atoms with van der Waals surface area (Å²) in [5.74, 6) is 2.64. The van der Waals surface area contributed by atoms with E-state index in [2.05, 4.69) is 16.1 Å². The van der Waals surface area contributed by atoms with Crippen molar-refractivity contribution in [2.75, 3.05) is 19.6 Å². The number of piperidine rings is 1. The number of likely N-dealkylation sites (tertiary alicyclic amines) is 1. The minimum atomic E-state index is -0.202. The lowest BCUT2D eigenvalue weighted by molar-refractivity contribution is -0.127. The number of terminal acetylenes is 1. The molecule has 1 aliphatic carbocycles. The molecule has 1 aromatic carbocycles. The van der Waals surface area contributed by atoms with Gasteiger partial charge in [0.1, 0.15) is 5.82 Å². The number of carbonyl (C=O) groups excluding carboxylic acids is 1. The highest BCUT2D eigenvalue weighted by atomic mass is 19.1. The second-order valence-electron chi connectivity index (χ2n) is 6.20. The average molecular weight is 300 g/mol. The molecule has 1 aliphatic heterocycles. The number of halogens is 1. The van der Waals surface area contributed by atoms with Crippen molar-refractivity contribution in [3.8, 4) is 12.3 Å². The van der Waals surface area contributed by atoms with Crippen LogP contribution in [0.25, 0.3) is 0 Å². The fourth-order valence-electron chi connectivity index (χ4n) is 3.51. The van der Waals surface area contributed by atoms with E-state index in [1.54, 1.807) is 12.1 Å². The first-order valence-corrected chi connectivity index (χ1v) is 7.92. The van der Waals surface area contributed by atoms with Crippen molar-refractivity contribution in [2.24, 2.45) is 5.92 Å². The predicted molar refractivity (Wildman–Crippen MR) is 83.6 cm³/mol. The van der Waals surface area contributed by atoms with E-state index in [1.807, 2.05) is 0 Å². The van der Waals surface area contributed by atoms with E-state index in [9.17, 15) is 9.18 Å². The number of carbonyl (C=O) groups is 1. The lowest BCUT2D eigenvalue weighted by Crippen LogP contribution is -2.41. The van der Waals surface area contributed by atoms with E-state index in [1.165, 1.54) is 6.07 Å². The second kappa shape index (κ2) is 6.50. The molecule has 0 radical (unpaired) electrons. The Kier molecular flexibility index (Phi) is 4.44. The van der Waals surface area contributed by atoms with Gasteiger partial charge in [0.25, 0.3) is 0 Å². The minimum Gasteiger partial charge on any atom is -0.349 e. The fraction of sp³-hybridized carbons (Fsp3) is 0.500. The Morgan fingerprint density at radius 3 is 2.86 bits per heavy atom. The molecule has 0 aromatic heterocycles. The number of aryl methyl sites for hydroxylation is 1. The highest BCUT2D eigenvalue weighted by Crippen LogP contribution is 2.32. The molecule has 1 amide bonds. The zero-order valence-electron chi connectivity index (χ0n) is 12.6. The summed E-state index contributed by atoms with van der Waals surface area (Å²) in [6.07, 6.45) is 8.73. The van der Waals surface area contributed by atoms with Gasteiger partial charge in [0, 0.05) is 5.92 Å². The first-order chi connectivity index (χ1) is 10.7. The summed E-state index contributed by atoms with van der Waals surface area (Å²) in [4.78, 5) is 14.7. The van der Waals surface area contributed by atoms with Gasteiger partial charge in [0.05, 0.1) is 12.6 Å². The summed E-state index contributed by atoms with van der Waals surface area (Å²) >= 11 is 0.